The Hall–Kier alpha value is -2.15. The number of carbonyl (C=O) groups is 1. The summed E-state index contributed by atoms with van der Waals surface area (Å²) < 4.78 is 0. The summed E-state index contributed by atoms with van der Waals surface area (Å²) in [4.78, 5) is 11.4. The van der Waals surface area contributed by atoms with E-state index in [-0.39, 0.29) is 0 Å². The molecule has 0 bridgehead atoms. The van der Waals surface area contributed by atoms with Crippen molar-refractivity contribution in [3.63, 3.8) is 0 Å². The number of hydrogen-bond acceptors (Lipinski definition) is 1. The first kappa shape index (κ1) is 8.94. The van der Waals surface area contributed by atoms with Gasteiger partial charge < -0.3 is 0 Å². The van der Waals surface area contributed by atoms with Crippen LogP contribution in [0.15, 0.2) is 54.1 Å². The van der Waals surface area contributed by atoms with E-state index in [0.717, 1.165) is 5.57 Å². The zero-order valence-electron chi connectivity index (χ0n) is 9.23. The second-order valence-electron chi connectivity index (χ2n) is 4.54. The smallest absolute Gasteiger partial charge is 0.164 e. The lowest BCUT2D eigenvalue weighted by Crippen LogP contribution is -1.81. The van der Waals surface area contributed by atoms with Gasteiger partial charge in [0.25, 0.3) is 0 Å². The van der Waals surface area contributed by atoms with E-state index in [9.17, 15) is 4.79 Å². The maximum absolute atomic E-state index is 11.4. The molecule has 0 radical (unpaired) electrons. The molecule has 1 heteroatoms. The molecule has 0 heterocycles. The number of rotatable bonds is 0. The fourth-order valence-corrected chi connectivity index (χ4v) is 2.69. The zero-order valence-corrected chi connectivity index (χ0v) is 9.23. The molecule has 0 saturated heterocycles. The van der Waals surface area contributed by atoms with Gasteiger partial charge in [-0.2, -0.15) is 0 Å². The van der Waals surface area contributed by atoms with Crippen LogP contribution in [0.1, 0.15) is 17.5 Å². The Morgan fingerprint density at radius 3 is 1.53 bits per heavy atom. The standard InChI is InChI=1S/C16H10O/c17-15-9-14(15)16-12-7-3-1-5-10(12)11-6-2-4-8-13(11)16/h1-8H,9H2. The van der Waals surface area contributed by atoms with Crippen molar-refractivity contribution in [2.45, 2.75) is 6.42 Å². The van der Waals surface area contributed by atoms with E-state index in [4.69, 9.17) is 0 Å². The molecule has 0 unspecified atom stereocenters. The van der Waals surface area contributed by atoms with Gasteiger partial charge in [-0.1, -0.05) is 48.5 Å². The van der Waals surface area contributed by atoms with Crippen LogP contribution in [0.2, 0.25) is 0 Å². The van der Waals surface area contributed by atoms with E-state index >= 15 is 0 Å². The molecule has 17 heavy (non-hydrogen) atoms. The molecule has 0 amide bonds. The van der Waals surface area contributed by atoms with Gasteiger partial charge in [0.1, 0.15) is 0 Å². The molecule has 2 aromatic rings. The molecular formula is C16H10O. The van der Waals surface area contributed by atoms with Gasteiger partial charge in [0, 0.05) is 12.0 Å². The minimum absolute atomic E-state index is 0.298. The van der Waals surface area contributed by atoms with Crippen LogP contribution in [0, 0.1) is 0 Å². The molecule has 2 aliphatic rings. The van der Waals surface area contributed by atoms with Crippen LogP contribution in [0.4, 0.5) is 0 Å². The number of fused-ring (bicyclic) bond motifs is 3. The van der Waals surface area contributed by atoms with Gasteiger partial charge in [0.2, 0.25) is 0 Å². The predicted molar refractivity (Wildman–Crippen MR) is 67.5 cm³/mol. The molecule has 0 N–H and O–H groups in total. The molecule has 1 saturated carbocycles. The van der Waals surface area contributed by atoms with Gasteiger partial charge in [-0.15, -0.1) is 0 Å². The van der Waals surface area contributed by atoms with Gasteiger partial charge >= 0.3 is 0 Å². The monoisotopic (exact) mass is 218 g/mol. The molecule has 80 valence electrons. The van der Waals surface area contributed by atoms with Gasteiger partial charge in [-0.05, 0) is 27.8 Å². The van der Waals surface area contributed by atoms with E-state index in [1.165, 1.54) is 27.8 Å². The number of hydrogen-bond donors (Lipinski definition) is 0. The first-order chi connectivity index (χ1) is 8.36. The molecule has 4 rings (SSSR count). The van der Waals surface area contributed by atoms with E-state index in [1.807, 2.05) is 12.1 Å². The largest absolute Gasteiger partial charge is 0.294 e. The summed E-state index contributed by atoms with van der Waals surface area (Å²) in [5.74, 6) is 0.298. The van der Waals surface area contributed by atoms with Crippen molar-refractivity contribution < 1.29 is 4.79 Å². The quantitative estimate of drug-likeness (QED) is 0.528. The van der Waals surface area contributed by atoms with Crippen LogP contribution in [-0.2, 0) is 4.79 Å². The van der Waals surface area contributed by atoms with Crippen molar-refractivity contribution in [2.24, 2.45) is 0 Å². The third kappa shape index (κ3) is 1.11. The summed E-state index contributed by atoms with van der Waals surface area (Å²) in [7, 11) is 0. The number of ketones is 1. The first-order valence-corrected chi connectivity index (χ1v) is 5.82. The summed E-state index contributed by atoms with van der Waals surface area (Å²) in [6.07, 6.45) is 0.637. The van der Waals surface area contributed by atoms with E-state index < -0.39 is 0 Å². The second kappa shape index (κ2) is 2.95. The van der Waals surface area contributed by atoms with Crippen molar-refractivity contribution in [3.05, 3.63) is 65.2 Å². The highest BCUT2D eigenvalue weighted by Gasteiger charge is 2.35. The fraction of sp³-hybridized carbons (Fsp3) is 0.0625. The molecule has 1 fully saturated rings. The SMILES string of the molecule is O=C1CC1=C1c2ccccc2-c2ccccc21. The highest BCUT2D eigenvalue weighted by molar-refractivity contribution is 6.23. The Labute approximate surface area is 99.4 Å². The van der Waals surface area contributed by atoms with Crippen molar-refractivity contribution in [1.29, 1.82) is 0 Å². The average Bonchev–Trinajstić information content (AvgIpc) is 2.99. The maximum Gasteiger partial charge on any atom is 0.164 e. The minimum atomic E-state index is 0.298. The normalized spacial score (nSPS) is 15.9. The summed E-state index contributed by atoms with van der Waals surface area (Å²) in [5.41, 5.74) is 7.11. The van der Waals surface area contributed by atoms with Gasteiger partial charge in [0.05, 0.1) is 0 Å². The molecule has 0 aliphatic heterocycles. The molecule has 0 atom stereocenters. The summed E-state index contributed by atoms with van der Waals surface area (Å²) >= 11 is 0. The Balaban J connectivity index is 2.14. The van der Waals surface area contributed by atoms with Crippen LogP contribution in [-0.4, -0.2) is 5.78 Å². The van der Waals surface area contributed by atoms with Gasteiger partial charge in [-0.3, -0.25) is 4.79 Å². The lowest BCUT2D eigenvalue weighted by Gasteiger charge is -1.99. The van der Waals surface area contributed by atoms with Crippen molar-refractivity contribution >= 4 is 11.4 Å². The Morgan fingerprint density at radius 2 is 1.12 bits per heavy atom. The molecule has 0 aromatic heterocycles. The fourth-order valence-electron chi connectivity index (χ4n) is 2.69. The van der Waals surface area contributed by atoms with Crippen molar-refractivity contribution in [3.8, 4) is 11.1 Å². The first-order valence-electron chi connectivity index (χ1n) is 5.82. The van der Waals surface area contributed by atoms with Crippen molar-refractivity contribution in [2.75, 3.05) is 0 Å². The summed E-state index contributed by atoms with van der Waals surface area (Å²) in [6, 6.07) is 16.7. The van der Waals surface area contributed by atoms with Gasteiger partial charge in [0.15, 0.2) is 5.78 Å². The molecule has 2 aromatic carbocycles. The number of allylic oxidation sites excluding steroid dienone is 1. The Morgan fingerprint density at radius 1 is 0.706 bits per heavy atom. The minimum Gasteiger partial charge on any atom is -0.294 e. The van der Waals surface area contributed by atoms with Crippen LogP contribution in [0.5, 0.6) is 0 Å². The third-order valence-electron chi connectivity index (χ3n) is 3.53. The van der Waals surface area contributed by atoms with Crippen LogP contribution >= 0.6 is 0 Å². The molecule has 0 spiro atoms. The summed E-state index contributed by atoms with van der Waals surface area (Å²) in [5, 5.41) is 0. The van der Waals surface area contributed by atoms with E-state index in [2.05, 4.69) is 36.4 Å². The molecule has 1 nitrogen and oxygen atoms in total. The van der Waals surface area contributed by atoms with Crippen LogP contribution in [0.3, 0.4) is 0 Å². The van der Waals surface area contributed by atoms with Crippen LogP contribution < -0.4 is 0 Å². The highest BCUT2D eigenvalue weighted by atomic mass is 16.1. The van der Waals surface area contributed by atoms with E-state index in [0.29, 0.717) is 12.2 Å². The Kier molecular flexibility index (Phi) is 1.55. The molecular weight excluding hydrogens is 208 g/mol. The van der Waals surface area contributed by atoms with Crippen LogP contribution in [0.25, 0.3) is 16.7 Å². The topological polar surface area (TPSA) is 17.1 Å². The van der Waals surface area contributed by atoms with Gasteiger partial charge in [-0.25, -0.2) is 0 Å². The zero-order chi connectivity index (χ0) is 11.4. The molecule has 2 aliphatic carbocycles. The Bertz CT molecular complexity index is 645. The van der Waals surface area contributed by atoms with Crippen molar-refractivity contribution in [1.82, 2.24) is 0 Å². The highest BCUT2D eigenvalue weighted by Crippen LogP contribution is 2.48. The number of benzene rings is 2. The lowest BCUT2D eigenvalue weighted by atomic mass is 10.0. The van der Waals surface area contributed by atoms with E-state index in [1.54, 1.807) is 0 Å². The average molecular weight is 218 g/mol. The second-order valence-corrected chi connectivity index (χ2v) is 4.54. The summed E-state index contributed by atoms with van der Waals surface area (Å²) in [6.45, 7) is 0. The number of carbonyl (C=O) groups excluding carboxylic acids is 1. The predicted octanol–water partition coefficient (Wildman–Crippen LogP) is 3.44. The lowest BCUT2D eigenvalue weighted by molar-refractivity contribution is -0.108. The maximum atomic E-state index is 11.4. The third-order valence-corrected chi connectivity index (χ3v) is 3.53. The number of Topliss-reactive ketones (excluding diaryl/α,β-unsaturated/α-hetero) is 1.